The monoisotopic (exact) mass is 517 g/mol. The van der Waals surface area contributed by atoms with Gasteiger partial charge in [0, 0.05) is 41.0 Å². The molecule has 0 aromatic heterocycles. The molecule has 0 aliphatic heterocycles. The Morgan fingerprint density at radius 3 is 1.84 bits per heavy atom. The fraction of sp³-hybridized carbons (Fsp3) is 0.387. The molecule has 38 heavy (non-hydrogen) atoms. The van der Waals surface area contributed by atoms with E-state index in [9.17, 15) is 14.4 Å². The summed E-state index contributed by atoms with van der Waals surface area (Å²) in [6, 6.07) is 22.0. The summed E-state index contributed by atoms with van der Waals surface area (Å²) >= 11 is 0. The van der Waals surface area contributed by atoms with Gasteiger partial charge in [-0.05, 0) is 42.7 Å². The van der Waals surface area contributed by atoms with Crippen molar-refractivity contribution in [2.45, 2.75) is 51.3 Å². The quantitative estimate of drug-likeness (QED) is 0.431. The topological polar surface area (TPSA) is 70.2 Å². The number of carbonyl (C=O) groups excluding carboxylic acids is 3. The lowest BCUT2D eigenvalue weighted by Gasteiger charge is -2.36. The van der Waals surface area contributed by atoms with Crippen LogP contribution < -0.4 is 0 Å². The number of likely N-dealkylation sites (N-methyl/N-ethyl adjacent to an activating group) is 3. The highest BCUT2D eigenvalue weighted by atomic mass is 16.6. The van der Waals surface area contributed by atoms with E-state index in [2.05, 4.69) is 0 Å². The molecule has 0 saturated carbocycles. The predicted octanol–water partition coefficient (Wildman–Crippen LogP) is 4.78. The Kier molecular flexibility index (Phi) is 9.15. The molecule has 0 spiro atoms. The zero-order valence-corrected chi connectivity index (χ0v) is 23.5. The molecule has 0 N–H and O–H groups in total. The molecule has 0 bridgehead atoms. The van der Waals surface area contributed by atoms with Gasteiger partial charge < -0.3 is 14.5 Å². The third-order valence-electron chi connectivity index (χ3n) is 6.49. The van der Waals surface area contributed by atoms with Crippen LogP contribution in [0.3, 0.4) is 0 Å². The predicted molar refractivity (Wildman–Crippen MR) is 151 cm³/mol. The molecule has 3 aromatic rings. The maximum absolute atomic E-state index is 14.1. The summed E-state index contributed by atoms with van der Waals surface area (Å²) in [6.45, 7) is 5.37. The van der Waals surface area contributed by atoms with E-state index < -0.39 is 23.8 Å². The first-order chi connectivity index (χ1) is 17.9. The summed E-state index contributed by atoms with van der Waals surface area (Å²) in [4.78, 5) is 44.7. The van der Waals surface area contributed by atoms with Crippen molar-refractivity contribution in [3.05, 3.63) is 83.9 Å². The minimum Gasteiger partial charge on any atom is -0.444 e. The molecule has 3 amide bonds. The average molecular weight is 518 g/mol. The molecule has 0 fully saturated rings. The van der Waals surface area contributed by atoms with Crippen LogP contribution in [0.15, 0.2) is 72.8 Å². The van der Waals surface area contributed by atoms with Gasteiger partial charge in [-0.3, -0.25) is 14.5 Å². The number of amides is 3. The fourth-order valence-corrected chi connectivity index (χ4v) is 4.35. The summed E-state index contributed by atoms with van der Waals surface area (Å²) in [5, 5.41) is 2.14. The summed E-state index contributed by atoms with van der Waals surface area (Å²) in [7, 11) is 6.56. The number of hydrogen-bond acceptors (Lipinski definition) is 4. The smallest absolute Gasteiger partial charge is 0.410 e. The van der Waals surface area contributed by atoms with Gasteiger partial charge in [-0.2, -0.15) is 0 Å². The van der Waals surface area contributed by atoms with Crippen molar-refractivity contribution in [2.75, 3.05) is 28.2 Å². The minimum atomic E-state index is -0.871. The molecule has 2 unspecified atom stereocenters. The second kappa shape index (κ2) is 12.1. The van der Waals surface area contributed by atoms with Crippen LogP contribution in [0.1, 0.15) is 31.9 Å². The van der Waals surface area contributed by atoms with Gasteiger partial charge in [-0.25, -0.2) is 4.79 Å². The Labute approximate surface area is 226 Å². The van der Waals surface area contributed by atoms with Gasteiger partial charge in [0.25, 0.3) is 0 Å². The number of carbonyl (C=O) groups is 3. The van der Waals surface area contributed by atoms with Crippen LogP contribution in [-0.4, -0.2) is 78.5 Å². The molecule has 3 aromatic carbocycles. The van der Waals surface area contributed by atoms with E-state index in [4.69, 9.17) is 4.74 Å². The number of rotatable bonds is 8. The standard InChI is InChI=1S/C31H39N3O4/c1-31(2,3)38-30(37)34(7)27(21-23-17-18-24-15-11-12-16-25(24)19-23)29(36)33(6)26(28(35)32(4)5)20-22-13-9-8-10-14-22/h8-19,26-27H,20-21H2,1-7H3. The van der Waals surface area contributed by atoms with Crippen molar-refractivity contribution >= 4 is 28.7 Å². The first kappa shape index (κ1) is 28.7. The third kappa shape index (κ3) is 7.34. The van der Waals surface area contributed by atoms with Crippen LogP contribution in [0.4, 0.5) is 4.79 Å². The maximum Gasteiger partial charge on any atom is 0.410 e. The largest absolute Gasteiger partial charge is 0.444 e. The van der Waals surface area contributed by atoms with Crippen molar-refractivity contribution in [2.24, 2.45) is 0 Å². The van der Waals surface area contributed by atoms with Crippen molar-refractivity contribution in [1.29, 1.82) is 0 Å². The summed E-state index contributed by atoms with van der Waals surface area (Å²) in [5.74, 6) is -0.517. The molecule has 0 aliphatic rings. The number of hydrogen-bond donors (Lipinski definition) is 0. The van der Waals surface area contributed by atoms with E-state index in [0.29, 0.717) is 6.42 Å². The number of benzene rings is 3. The molecule has 7 heteroatoms. The maximum atomic E-state index is 14.1. The molecule has 0 aliphatic carbocycles. The van der Waals surface area contributed by atoms with Crippen molar-refractivity contribution in [3.63, 3.8) is 0 Å². The highest BCUT2D eigenvalue weighted by Gasteiger charge is 2.37. The lowest BCUT2D eigenvalue weighted by Crippen LogP contribution is -2.56. The van der Waals surface area contributed by atoms with Crippen LogP contribution in [0.2, 0.25) is 0 Å². The lowest BCUT2D eigenvalue weighted by atomic mass is 9.98. The Bertz CT molecular complexity index is 1270. The van der Waals surface area contributed by atoms with Crippen LogP contribution in [-0.2, 0) is 27.2 Å². The molecular formula is C31H39N3O4. The first-order valence-corrected chi connectivity index (χ1v) is 12.8. The molecule has 0 radical (unpaired) electrons. The Morgan fingerprint density at radius 1 is 0.684 bits per heavy atom. The molecular weight excluding hydrogens is 478 g/mol. The van der Waals surface area contributed by atoms with E-state index >= 15 is 0 Å². The second-order valence-electron chi connectivity index (χ2n) is 10.9. The summed E-state index contributed by atoms with van der Waals surface area (Å²) < 4.78 is 5.60. The van der Waals surface area contributed by atoms with Gasteiger partial charge >= 0.3 is 6.09 Å². The zero-order chi connectivity index (χ0) is 28.0. The van der Waals surface area contributed by atoms with Crippen molar-refractivity contribution in [1.82, 2.24) is 14.7 Å². The minimum absolute atomic E-state index is 0.186. The molecule has 202 valence electrons. The van der Waals surface area contributed by atoms with Crippen LogP contribution >= 0.6 is 0 Å². The Hall–Kier alpha value is -3.87. The van der Waals surface area contributed by atoms with Crippen LogP contribution in [0, 0.1) is 0 Å². The van der Waals surface area contributed by atoms with Gasteiger partial charge in [-0.15, -0.1) is 0 Å². The molecule has 7 nitrogen and oxygen atoms in total. The summed E-state index contributed by atoms with van der Waals surface area (Å²) in [6.07, 6.45) is 0.0419. The molecule has 2 atom stereocenters. The highest BCUT2D eigenvalue weighted by molar-refractivity contribution is 5.91. The average Bonchev–Trinajstić information content (AvgIpc) is 2.88. The van der Waals surface area contributed by atoms with Crippen LogP contribution in [0.5, 0.6) is 0 Å². The van der Waals surface area contributed by atoms with E-state index in [0.717, 1.165) is 21.9 Å². The molecule has 0 saturated heterocycles. The number of fused-ring (bicyclic) bond motifs is 1. The fourth-order valence-electron chi connectivity index (χ4n) is 4.35. The van der Waals surface area contributed by atoms with E-state index in [1.54, 1.807) is 49.0 Å². The van der Waals surface area contributed by atoms with Gasteiger partial charge in [0.1, 0.15) is 17.7 Å². The normalized spacial score (nSPS) is 12.9. The number of ether oxygens (including phenoxy) is 1. The summed E-state index contributed by atoms with van der Waals surface area (Å²) in [5.41, 5.74) is 1.13. The highest BCUT2D eigenvalue weighted by Crippen LogP contribution is 2.21. The third-order valence-corrected chi connectivity index (χ3v) is 6.49. The van der Waals surface area contributed by atoms with Gasteiger partial charge in [0.15, 0.2) is 0 Å². The van der Waals surface area contributed by atoms with Crippen molar-refractivity contribution in [3.8, 4) is 0 Å². The van der Waals surface area contributed by atoms with Crippen LogP contribution in [0.25, 0.3) is 10.8 Å². The second-order valence-corrected chi connectivity index (χ2v) is 10.9. The first-order valence-electron chi connectivity index (χ1n) is 12.8. The zero-order valence-electron chi connectivity index (χ0n) is 23.5. The molecule has 3 rings (SSSR count). The van der Waals surface area contributed by atoms with E-state index in [1.807, 2.05) is 72.8 Å². The Balaban J connectivity index is 1.97. The van der Waals surface area contributed by atoms with Gasteiger partial charge in [-0.1, -0.05) is 72.8 Å². The van der Waals surface area contributed by atoms with Crippen molar-refractivity contribution < 1.29 is 19.1 Å². The lowest BCUT2D eigenvalue weighted by molar-refractivity contribution is -0.145. The van der Waals surface area contributed by atoms with Gasteiger partial charge in [0.05, 0.1) is 0 Å². The van der Waals surface area contributed by atoms with Gasteiger partial charge in [0.2, 0.25) is 11.8 Å². The number of nitrogens with zero attached hydrogens (tertiary/aromatic N) is 3. The van der Waals surface area contributed by atoms with E-state index in [-0.39, 0.29) is 18.2 Å². The SMILES string of the molecule is CN(C)C(=O)C(Cc1ccccc1)N(C)C(=O)C(Cc1ccc2ccccc2c1)N(C)C(=O)OC(C)(C)C. The Morgan fingerprint density at radius 2 is 1.24 bits per heavy atom. The molecule has 0 heterocycles. The van der Waals surface area contributed by atoms with E-state index in [1.165, 1.54) is 14.7 Å².